The van der Waals surface area contributed by atoms with Gasteiger partial charge >= 0.3 is 5.97 Å². The second-order valence-electron chi connectivity index (χ2n) is 3.43. The van der Waals surface area contributed by atoms with Gasteiger partial charge in [0, 0.05) is 0 Å². The van der Waals surface area contributed by atoms with E-state index in [-0.39, 0.29) is 5.97 Å². The largest absolute Gasteiger partial charge is 0.466 e. The standard InChI is InChI=1S/C13H13NO2S/c1-2-16-13(15)9-5-8-12-14-10-6-3-4-7-11(10)17-12/h3-8H,2,9H2,1H3. The van der Waals surface area contributed by atoms with Crippen LogP contribution in [0.5, 0.6) is 0 Å². The molecule has 1 aromatic heterocycles. The molecule has 0 bridgehead atoms. The van der Waals surface area contributed by atoms with E-state index in [1.54, 1.807) is 24.3 Å². The molecule has 0 aliphatic rings. The molecule has 2 aromatic rings. The maximum Gasteiger partial charge on any atom is 0.309 e. The van der Waals surface area contributed by atoms with Crippen molar-refractivity contribution in [3.63, 3.8) is 0 Å². The van der Waals surface area contributed by atoms with Crippen LogP contribution >= 0.6 is 11.3 Å². The zero-order valence-electron chi connectivity index (χ0n) is 9.55. The minimum absolute atomic E-state index is 0.204. The number of aromatic nitrogens is 1. The number of ether oxygens (including phenoxy) is 1. The van der Waals surface area contributed by atoms with E-state index in [2.05, 4.69) is 4.98 Å². The first-order valence-electron chi connectivity index (χ1n) is 5.47. The van der Waals surface area contributed by atoms with Crippen LogP contribution in [-0.4, -0.2) is 17.6 Å². The van der Waals surface area contributed by atoms with Crippen LogP contribution in [0.15, 0.2) is 30.3 Å². The average Bonchev–Trinajstić information content (AvgIpc) is 2.71. The zero-order chi connectivity index (χ0) is 12.1. The molecule has 0 aliphatic carbocycles. The number of benzene rings is 1. The third-order valence-corrected chi connectivity index (χ3v) is 3.16. The number of hydrogen-bond donors (Lipinski definition) is 0. The summed E-state index contributed by atoms with van der Waals surface area (Å²) in [6.07, 6.45) is 3.95. The van der Waals surface area contributed by atoms with Crippen LogP contribution in [-0.2, 0) is 9.53 Å². The van der Waals surface area contributed by atoms with Crippen molar-refractivity contribution in [1.82, 2.24) is 4.98 Å². The van der Waals surface area contributed by atoms with Gasteiger partial charge in [0.15, 0.2) is 0 Å². The first-order chi connectivity index (χ1) is 8.29. The SMILES string of the molecule is CCOC(=O)CC=Cc1nc2ccccc2s1. The van der Waals surface area contributed by atoms with Crippen LogP contribution in [0.3, 0.4) is 0 Å². The number of fused-ring (bicyclic) bond motifs is 1. The maximum atomic E-state index is 11.1. The molecule has 0 saturated carbocycles. The fourth-order valence-electron chi connectivity index (χ4n) is 1.44. The molecule has 4 heteroatoms. The van der Waals surface area contributed by atoms with E-state index in [0.717, 1.165) is 15.2 Å². The van der Waals surface area contributed by atoms with Crippen LogP contribution in [0.2, 0.25) is 0 Å². The van der Waals surface area contributed by atoms with Gasteiger partial charge in [-0.2, -0.15) is 0 Å². The molecule has 2 rings (SSSR count). The molecule has 0 spiro atoms. The molecule has 3 nitrogen and oxygen atoms in total. The van der Waals surface area contributed by atoms with Gasteiger partial charge in [-0.3, -0.25) is 4.79 Å². The third kappa shape index (κ3) is 3.14. The van der Waals surface area contributed by atoms with E-state index >= 15 is 0 Å². The van der Waals surface area contributed by atoms with Crippen LogP contribution in [0, 0.1) is 0 Å². The lowest BCUT2D eigenvalue weighted by molar-refractivity contribution is -0.142. The summed E-state index contributed by atoms with van der Waals surface area (Å²) in [6, 6.07) is 7.98. The highest BCUT2D eigenvalue weighted by Gasteiger charge is 2.00. The number of esters is 1. The van der Waals surface area contributed by atoms with Crippen LogP contribution in [0.1, 0.15) is 18.4 Å². The Bertz CT molecular complexity index is 512. The van der Waals surface area contributed by atoms with E-state index in [9.17, 15) is 4.79 Å². The first kappa shape index (κ1) is 11.8. The van der Waals surface area contributed by atoms with Crippen LogP contribution < -0.4 is 0 Å². The number of para-hydroxylation sites is 1. The van der Waals surface area contributed by atoms with Crippen molar-refractivity contribution in [3.05, 3.63) is 35.3 Å². The molecule has 0 amide bonds. The van der Waals surface area contributed by atoms with Gasteiger partial charge in [0.25, 0.3) is 0 Å². The Morgan fingerprint density at radius 1 is 1.47 bits per heavy atom. The minimum atomic E-state index is -0.204. The Hall–Kier alpha value is -1.68. The van der Waals surface area contributed by atoms with Gasteiger partial charge in [-0.1, -0.05) is 18.2 Å². The molecular weight excluding hydrogens is 234 g/mol. The molecule has 0 fully saturated rings. The zero-order valence-corrected chi connectivity index (χ0v) is 10.4. The van der Waals surface area contributed by atoms with Crippen molar-refractivity contribution in [2.24, 2.45) is 0 Å². The number of rotatable bonds is 4. The van der Waals surface area contributed by atoms with Crippen molar-refractivity contribution < 1.29 is 9.53 Å². The van der Waals surface area contributed by atoms with Gasteiger partial charge in [-0.25, -0.2) is 4.98 Å². The van der Waals surface area contributed by atoms with Gasteiger partial charge in [-0.15, -0.1) is 11.3 Å². The molecule has 17 heavy (non-hydrogen) atoms. The number of carbonyl (C=O) groups is 1. The van der Waals surface area contributed by atoms with E-state index in [4.69, 9.17) is 4.74 Å². The van der Waals surface area contributed by atoms with E-state index in [0.29, 0.717) is 13.0 Å². The lowest BCUT2D eigenvalue weighted by Crippen LogP contribution is -2.01. The lowest BCUT2D eigenvalue weighted by atomic mass is 10.3. The Morgan fingerprint density at radius 2 is 2.29 bits per heavy atom. The molecule has 1 aromatic carbocycles. The number of carbonyl (C=O) groups excluding carboxylic acids is 1. The van der Waals surface area contributed by atoms with Gasteiger partial charge in [-0.05, 0) is 25.1 Å². The Kier molecular flexibility index (Phi) is 3.88. The molecule has 0 N–H and O–H groups in total. The van der Waals surface area contributed by atoms with Crippen molar-refractivity contribution in [3.8, 4) is 0 Å². The number of thiazole rings is 1. The minimum Gasteiger partial charge on any atom is -0.466 e. The quantitative estimate of drug-likeness (QED) is 0.778. The number of hydrogen-bond acceptors (Lipinski definition) is 4. The molecule has 0 unspecified atom stereocenters. The number of nitrogens with zero attached hydrogens (tertiary/aromatic N) is 1. The summed E-state index contributed by atoms with van der Waals surface area (Å²) in [5.74, 6) is -0.204. The summed E-state index contributed by atoms with van der Waals surface area (Å²) in [7, 11) is 0. The van der Waals surface area contributed by atoms with E-state index in [1.807, 2.05) is 30.3 Å². The summed E-state index contributed by atoms with van der Waals surface area (Å²) in [5.41, 5.74) is 0.994. The first-order valence-corrected chi connectivity index (χ1v) is 6.29. The Morgan fingerprint density at radius 3 is 3.06 bits per heavy atom. The third-order valence-electron chi connectivity index (χ3n) is 2.16. The fraction of sp³-hybridized carbons (Fsp3) is 0.231. The highest BCUT2D eigenvalue weighted by Crippen LogP contribution is 2.22. The van der Waals surface area contributed by atoms with Crippen molar-refractivity contribution >= 4 is 33.6 Å². The predicted octanol–water partition coefficient (Wildman–Crippen LogP) is 3.26. The smallest absolute Gasteiger partial charge is 0.309 e. The Labute approximate surface area is 104 Å². The predicted molar refractivity (Wildman–Crippen MR) is 69.9 cm³/mol. The second-order valence-corrected chi connectivity index (χ2v) is 4.49. The van der Waals surface area contributed by atoms with E-state index in [1.165, 1.54) is 0 Å². The van der Waals surface area contributed by atoms with Crippen molar-refractivity contribution in [2.75, 3.05) is 6.61 Å². The van der Waals surface area contributed by atoms with Gasteiger partial charge < -0.3 is 4.74 Å². The van der Waals surface area contributed by atoms with Crippen molar-refractivity contribution in [2.45, 2.75) is 13.3 Å². The molecule has 0 aliphatic heterocycles. The molecular formula is C13H13NO2S. The van der Waals surface area contributed by atoms with Gasteiger partial charge in [0.2, 0.25) is 0 Å². The van der Waals surface area contributed by atoms with Gasteiger partial charge in [0.05, 0.1) is 23.2 Å². The lowest BCUT2D eigenvalue weighted by Gasteiger charge is -1.95. The van der Waals surface area contributed by atoms with Crippen LogP contribution in [0.25, 0.3) is 16.3 Å². The molecule has 88 valence electrons. The molecule has 1 heterocycles. The van der Waals surface area contributed by atoms with E-state index < -0.39 is 0 Å². The summed E-state index contributed by atoms with van der Waals surface area (Å²) in [6.45, 7) is 2.23. The summed E-state index contributed by atoms with van der Waals surface area (Å²) >= 11 is 1.61. The topological polar surface area (TPSA) is 39.2 Å². The van der Waals surface area contributed by atoms with Crippen LogP contribution in [0.4, 0.5) is 0 Å². The summed E-state index contributed by atoms with van der Waals surface area (Å²) in [4.78, 5) is 15.6. The Balaban J connectivity index is 2.03. The summed E-state index contributed by atoms with van der Waals surface area (Å²) in [5, 5.41) is 0.912. The second kappa shape index (κ2) is 5.59. The molecule has 0 atom stereocenters. The van der Waals surface area contributed by atoms with Crippen molar-refractivity contribution in [1.29, 1.82) is 0 Å². The maximum absolute atomic E-state index is 11.1. The highest BCUT2D eigenvalue weighted by atomic mass is 32.1. The average molecular weight is 247 g/mol. The highest BCUT2D eigenvalue weighted by molar-refractivity contribution is 7.19. The normalized spacial score (nSPS) is 11.1. The molecule has 0 radical (unpaired) electrons. The fourth-order valence-corrected chi connectivity index (χ4v) is 2.34. The van der Waals surface area contributed by atoms with Gasteiger partial charge in [0.1, 0.15) is 5.01 Å². The monoisotopic (exact) mass is 247 g/mol. The summed E-state index contributed by atoms with van der Waals surface area (Å²) < 4.78 is 5.99. The molecule has 0 saturated heterocycles.